The van der Waals surface area contributed by atoms with Gasteiger partial charge < -0.3 is 46.4 Å². The van der Waals surface area contributed by atoms with Crippen LogP contribution in [0.5, 0.6) is 0 Å². The molecule has 7 aliphatic rings. The largest absolute Gasteiger partial charge is 0.461 e. The third-order valence-corrected chi connectivity index (χ3v) is 19.1. The molecule has 76 heavy (non-hydrogen) atoms. The van der Waals surface area contributed by atoms with Gasteiger partial charge >= 0.3 is 5.97 Å². The van der Waals surface area contributed by atoms with Crippen molar-refractivity contribution in [1.29, 1.82) is 0 Å². The van der Waals surface area contributed by atoms with Gasteiger partial charge in [0.25, 0.3) is 5.91 Å². The number of fused-ring (bicyclic) bond motifs is 5. The summed E-state index contributed by atoms with van der Waals surface area (Å²) in [6.07, 6.45) is 21.2. The first-order chi connectivity index (χ1) is 36.0. The highest BCUT2D eigenvalue weighted by Crippen LogP contribution is 2.67. The molecule has 0 radical (unpaired) electrons. The Bertz CT molecular complexity index is 2280. The molecular formula is C59H92N8O9. The molecule has 0 bridgehead atoms. The maximum Gasteiger partial charge on any atom is 0.325 e. The van der Waals surface area contributed by atoms with Crippen molar-refractivity contribution in [3.8, 4) is 0 Å². The molecule has 6 N–H and O–H groups in total. The Morgan fingerprint density at radius 1 is 0.750 bits per heavy atom. The summed E-state index contributed by atoms with van der Waals surface area (Å²) in [4.78, 5) is 113. The van der Waals surface area contributed by atoms with Gasteiger partial charge in [-0.25, -0.2) is 0 Å². The van der Waals surface area contributed by atoms with Crippen LogP contribution >= 0.6 is 0 Å². The number of primary amides is 1. The smallest absolute Gasteiger partial charge is 0.325 e. The molecule has 3 aliphatic heterocycles. The Hall–Kier alpha value is -5.22. The van der Waals surface area contributed by atoms with Crippen molar-refractivity contribution in [2.75, 3.05) is 26.7 Å². The highest BCUT2D eigenvalue weighted by atomic mass is 16.5. The highest BCUT2D eigenvalue weighted by molar-refractivity contribution is 5.99. The van der Waals surface area contributed by atoms with Crippen molar-refractivity contribution in [3.63, 3.8) is 0 Å². The van der Waals surface area contributed by atoms with Crippen molar-refractivity contribution in [2.24, 2.45) is 58.0 Å². The van der Waals surface area contributed by atoms with Crippen molar-refractivity contribution >= 4 is 47.3 Å². The van der Waals surface area contributed by atoms with Gasteiger partial charge in [-0.05, 0) is 149 Å². The number of nitrogens with two attached hydrogens (primary N) is 1. The van der Waals surface area contributed by atoms with Gasteiger partial charge in [0, 0.05) is 39.2 Å². The zero-order valence-corrected chi connectivity index (χ0v) is 47.3. The lowest BCUT2D eigenvalue weighted by atomic mass is 9.47. The second-order valence-corrected chi connectivity index (χ2v) is 25.2. The summed E-state index contributed by atoms with van der Waals surface area (Å²) in [6, 6.07) is -5.15. The molecule has 0 unspecified atom stereocenters. The minimum absolute atomic E-state index is 0.0699. The van der Waals surface area contributed by atoms with E-state index in [9.17, 15) is 38.4 Å². The molecule has 13 atom stereocenters. The molecule has 0 aromatic carbocycles. The Kier molecular flexibility index (Phi) is 19.3. The van der Waals surface area contributed by atoms with Crippen LogP contribution in [0.4, 0.5) is 0 Å². The molecule has 7 amide bonds. The van der Waals surface area contributed by atoms with E-state index in [0.717, 1.165) is 42.9 Å². The Labute approximate surface area is 452 Å². The van der Waals surface area contributed by atoms with E-state index >= 15 is 0 Å². The van der Waals surface area contributed by atoms with E-state index in [-0.39, 0.29) is 56.3 Å². The molecule has 0 spiro atoms. The number of amides is 7. The Morgan fingerprint density at radius 3 is 2.12 bits per heavy atom. The van der Waals surface area contributed by atoms with Gasteiger partial charge in [0.2, 0.25) is 35.4 Å². The van der Waals surface area contributed by atoms with Crippen molar-refractivity contribution < 1.29 is 43.1 Å². The number of nitrogens with zero attached hydrogens (tertiary/aromatic N) is 3. The number of likely N-dealkylation sites (tertiary alicyclic amines) is 2. The molecule has 0 aromatic heterocycles. The van der Waals surface area contributed by atoms with E-state index in [1.807, 2.05) is 19.9 Å². The number of nitrogens with one attached hydrogen (secondary N) is 4. The zero-order valence-electron chi connectivity index (χ0n) is 47.3. The van der Waals surface area contributed by atoms with Gasteiger partial charge in [-0.1, -0.05) is 85.1 Å². The van der Waals surface area contributed by atoms with E-state index in [1.54, 1.807) is 31.1 Å². The van der Waals surface area contributed by atoms with Crippen LogP contribution in [0.15, 0.2) is 35.7 Å². The monoisotopic (exact) mass is 1060 g/mol. The number of rotatable bonds is 21. The first-order valence-corrected chi connectivity index (χ1v) is 29.1. The summed E-state index contributed by atoms with van der Waals surface area (Å²) in [5, 5.41) is 11.0. The second kappa shape index (κ2) is 25.1. The van der Waals surface area contributed by atoms with E-state index in [4.69, 9.17) is 10.5 Å². The lowest BCUT2D eigenvalue weighted by Crippen LogP contribution is -2.59. The molecule has 7 rings (SSSR count). The van der Waals surface area contributed by atoms with Gasteiger partial charge in [0.1, 0.15) is 48.6 Å². The Morgan fingerprint density at radius 2 is 1.45 bits per heavy atom. The number of likely N-dealkylation sites (N-methyl/N-ethyl adjacent to an activating group) is 1. The van der Waals surface area contributed by atoms with E-state index < -0.39 is 77.5 Å². The summed E-state index contributed by atoms with van der Waals surface area (Å²) in [6.45, 7) is 17.8. The van der Waals surface area contributed by atoms with E-state index in [0.29, 0.717) is 61.5 Å². The topological polar surface area (TPSA) is 230 Å². The molecule has 5 fully saturated rings. The van der Waals surface area contributed by atoms with Gasteiger partial charge in [-0.3, -0.25) is 38.4 Å². The lowest BCUT2D eigenvalue weighted by molar-refractivity contribution is -0.152. The summed E-state index contributed by atoms with van der Waals surface area (Å²) >= 11 is 0. The number of esters is 1. The van der Waals surface area contributed by atoms with Crippen molar-refractivity contribution in [2.45, 2.75) is 207 Å². The van der Waals surface area contributed by atoms with E-state index in [2.05, 4.69) is 62.0 Å². The maximum atomic E-state index is 14.4. The van der Waals surface area contributed by atoms with Crippen LogP contribution in [-0.4, -0.2) is 125 Å². The van der Waals surface area contributed by atoms with Crippen LogP contribution in [0.3, 0.4) is 0 Å². The van der Waals surface area contributed by atoms with Crippen LogP contribution in [0.2, 0.25) is 0 Å². The molecule has 0 aromatic rings. The average Bonchev–Trinajstić information content (AvgIpc) is 4.15. The number of hydrogen-bond donors (Lipinski definition) is 5. The van der Waals surface area contributed by atoms with Crippen LogP contribution < -0.4 is 27.0 Å². The normalized spacial score (nSPS) is 30.5. The van der Waals surface area contributed by atoms with Crippen molar-refractivity contribution in [3.05, 3.63) is 35.7 Å². The minimum atomic E-state index is -1.29. The summed E-state index contributed by atoms with van der Waals surface area (Å²) in [7, 11) is 1.73. The number of hydrogen-bond acceptors (Lipinski definition) is 10. The minimum Gasteiger partial charge on any atom is -0.461 e. The number of ether oxygens (including phenoxy) is 1. The number of carbonyl (C=O) groups excluding carboxylic acids is 8. The summed E-state index contributed by atoms with van der Waals surface area (Å²) in [5.74, 6) is -0.0110. The fraction of sp³-hybridized carbons (Fsp3) is 0.763. The quantitative estimate of drug-likeness (QED) is 0.0649. The molecular weight excluding hydrogens is 965 g/mol. The van der Waals surface area contributed by atoms with Gasteiger partial charge in [-0.2, -0.15) is 0 Å². The highest BCUT2D eigenvalue weighted by Gasteiger charge is 2.59. The maximum absolute atomic E-state index is 14.4. The molecule has 422 valence electrons. The first kappa shape index (κ1) is 58.5. The molecule has 17 heteroatoms. The van der Waals surface area contributed by atoms with Crippen LogP contribution in [-0.2, 0) is 43.1 Å². The predicted octanol–water partition coefficient (Wildman–Crippen LogP) is 6.17. The lowest BCUT2D eigenvalue weighted by Gasteiger charge is -2.58. The van der Waals surface area contributed by atoms with Crippen LogP contribution in [0.1, 0.15) is 171 Å². The van der Waals surface area contributed by atoms with E-state index in [1.165, 1.54) is 53.9 Å². The van der Waals surface area contributed by atoms with Crippen LogP contribution in [0.25, 0.3) is 0 Å². The third-order valence-electron chi connectivity index (χ3n) is 19.1. The summed E-state index contributed by atoms with van der Waals surface area (Å²) < 4.78 is 6.06. The Balaban J connectivity index is 0.914. The zero-order chi connectivity index (χ0) is 55.2. The van der Waals surface area contributed by atoms with Crippen LogP contribution in [0, 0.1) is 52.3 Å². The second-order valence-electron chi connectivity index (χ2n) is 25.2. The van der Waals surface area contributed by atoms with Gasteiger partial charge in [-0.15, -0.1) is 0 Å². The van der Waals surface area contributed by atoms with Gasteiger partial charge in [0.05, 0.1) is 0 Å². The first-order valence-electron chi connectivity index (χ1n) is 29.1. The molecule has 3 saturated carbocycles. The predicted molar refractivity (Wildman–Crippen MR) is 290 cm³/mol. The fourth-order valence-electron chi connectivity index (χ4n) is 15.1. The molecule has 4 aliphatic carbocycles. The summed E-state index contributed by atoms with van der Waals surface area (Å²) in [5.41, 5.74) is 7.85. The molecule has 17 nitrogen and oxygen atoms in total. The number of carbonyl (C=O) groups is 8. The molecule has 2 saturated heterocycles. The molecule has 3 heterocycles. The number of allylic oxidation sites excluding steroid dienone is 3. The fourth-order valence-corrected chi connectivity index (χ4v) is 15.1. The van der Waals surface area contributed by atoms with Gasteiger partial charge in [0.15, 0.2) is 0 Å². The van der Waals surface area contributed by atoms with Crippen molar-refractivity contribution in [1.82, 2.24) is 36.0 Å². The SMILES string of the molecule is CC(C)CC[C@@H](C)[C@H]1CC[C@H]2[C@@H]3CC=C4C[C@H](OC(=O)CNC(=O)[C@@H]5CCCN5C(=O)[C@H](CC(C)C)NC(=O)[C@H](CCC(N)=O)NC(=O)[C@@H]5CCCN5C(=O)[C@H](C)NC(=O)C5=CCC=CN5C)CC[C@]4(C)[C@H]3CC[C@]12C. The average molecular weight is 1060 g/mol. The third kappa shape index (κ3) is 13.2. The standard InChI is InChI=1S/C59H92N8O9/c1-35(2)17-18-37(5)42-21-22-43-41-20-19-39-33-40(25-27-58(39,7)44(41)26-28-59(42,43)8)76-51(69)34-61-53(71)48-15-12-31-67(48)57(75)46(32-36(3)4)64-52(70)45(23-24-50(60)68)63-55(73)49-16-13-30-66(49)56(74)38(6)62-54(72)47-14-10-11-29-65(47)9/h11,14,19,29,35-38,40-46,48-49H,10,12-13,15-18,20-28,30-34H2,1-9H3,(H2,60,68)(H,61,71)(H,62,72)(H,63,73)(H,64,70)/t37-,38+,40-,41+,42-,43+,44+,45+,46+,48+,49+,58+,59-/m1/s1.